The Morgan fingerprint density at radius 3 is 2.30 bits per heavy atom. The highest BCUT2D eigenvalue weighted by Gasteiger charge is 2.41. The Kier molecular flexibility index (Phi) is 4.17. The Morgan fingerprint density at radius 2 is 1.60 bits per heavy atom. The van der Waals surface area contributed by atoms with E-state index in [1.807, 2.05) is 0 Å². The molecule has 2 N–H and O–H groups in total. The zero-order valence-corrected chi connectivity index (χ0v) is 11.9. The fraction of sp³-hybridized carbons (Fsp3) is 0.368. The number of hydrogen-bond acceptors (Lipinski definition) is 1. The smallest absolute Gasteiger partial charge is 0.00733 e. The summed E-state index contributed by atoms with van der Waals surface area (Å²) in [5, 5.41) is 0. The molecule has 1 saturated carbocycles. The number of rotatable bonds is 6. The van der Waals surface area contributed by atoms with Crippen LogP contribution in [0.15, 0.2) is 60.7 Å². The fourth-order valence-electron chi connectivity index (χ4n) is 3.17. The Labute approximate surface area is 121 Å². The summed E-state index contributed by atoms with van der Waals surface area (Å²) in [6.45, 7) is 0. The lowest BCUT2D eigenvalue weighted by Crippen LogP contribution is -2.23. The van der Waals surface area contributed by atoms with Crippen molar-refractivity contribution in [3.8, 4) is 0 Å². The highest BCUT2D eigenvalue weighted by molar-refractivity contribution is 5.26. The van der Waals surface area contributed by atoms with Crippen LogP contribution >= 0.6 is 0 Å². The third-order valence-electron chi connectivity index (χ3n) is 4.46. The minimum Gasteiger partial charge on any atom is -0.327 e. The van der Waals surface area contributed by atoms with Crippen molar-refractivity contribution in [2.24, 2.45) is 11.7 Å². The molecule has 2 aromatic rings. The molecule has 1 aliphatic rings. The molecule has 0 aromatic heterocycles. The van der Waals surface area contributed by atoms with Crippen molar-refractivity contribution >= 4 is 0 Å². The second kappa shape index (κ2) is 6.23. The van der Waals surface area contributed by atoms with Crippen LogP contribution in [0.4, 0.5) is 0 Å². The molecule has 0 aliphatic heterocycles. The molecule has 20 heavy (non-hydrogen) atoms. The lowest BCUT2D eigenvalue weighted by atomic mass is 10.00. The van der Waals surface area contributed by atoms with Gasteiger partial charge in [0.2, 0.25) is 0 Å². The van der Waals surface area contributed by atoms with Crippen LogP contribution in [0.2, 0.25) is 0 Å². The number of benzene rings is 2. The second-order valence-electron chi connectivity index (χ2n) is 5.96. The Bertz CT molecular complexity index is 520. The van der Waals surface area contributed by atoms with Crippen molar-refractivity contribution in [2.75, 3.05) is 0 Å². The summed E-state index contributed by atoms with van der Waals surface area (Å²) in [6, 6.07) is 21.9. The summed E-state index contributed by atoms with van der Waals surface area (Å²) in [5.74, 6) is 1.41. The standard InChI is InChI=1S/C19H23N/c20-19(13-7-10-15-8-3-1-4-9-15)18-14-17(18)16-11-5-2-6-12-16/h1-6,8-9,11-12,17-19H,7,10,13-14,20H2. The van der Waals surface area contributed by atoms with E-state index in [-0.39, 0.29) is 0 Å². The Hall–Kier alpha value is -1.60. The summed E-state index contributed by atoms with van der Waals surface area (Å²) in [4.78, 5) is 0. The fourth-order valence-corrected chi connectivity index (χ4v) is 3.17. The van der Waals surface area contributed by atoms with Gasteiger partial charge < -0.3 is 5.73 Å². The average molecular weight is 265 g/mol. The summed E-state index contributed by atoms with van der Waals surface area (Å²) in [7, 11) is 0. The minimum absolute atomic E-state index is 0.365. The van der Waals surface area contributed by atoms with Crippen molar-refractivity contribution in [1.82, 2.24) is 0 Å². The van der Waals surface area contributed by atoms with Gasteiger partial charge >= 0.3 is 0 Å². The van der Waals surface area contributed by atoms with Crippen molar-refractivity contribution in [2.45, 2.75) is 37.6 Å². The highest BCUT2D eigenvalue weighted by Crippen LogP contribution is 2.49. The second-order valence-corrected chi connectivity index (χ2v) is 5.96. The van der Waals surface area contributed by atoms with Crippen molar-refractivity contribution in [3.05, 3.63) is 71.8 Å². The predicted molar refractivity (Wildman–Crippen MR) is 84.6 cm³/mol. The molecule has 1 heteroatoms. The van der Waals surface area contributed by atoms with Gasteiger partial charge in [-0.1, -0.05) is 60.7 Å². The Morgan fingerprint density at radius 1 is 0.950 bits per heavy atom. The van der Waals surface area contributed by atoms with Crippen LogP contribution in [0.25, 0.3) is 0 Å². The molecule has 1 aliphatic carbocycles. The van der Waals surface area contributed by atoms with E-state index in [2.05, 4.69) is 60.7 Å². The quantitative estimate of drug-likeness (QED) is 0.834. The van der Waals surface area contributed by atoms with Crippen molar-refractivity contribution < 1.29 is 0 Å². The molecule has 0 saturated heterocycles. The monoisotopic (exact) mass is 265 g/mol. The van der Waals surface area contributed by atoms with Crippen molar-refractivity contribution in [1.29, 1.82) is 0 Å². The first-order valence-electron chi connectivity index (χ1n) is 7.69. The average Bonchev–Trinajstić information content (AvgIpc) is 3.30. The molecule has 0 bridgehead atoms. The molecule has 0 heterocycles. The van der Waals surface area contributed by atoms with Crippen LogP contribution in [-0.4, -0.2) is 6.04 Å². The maximum atomic E-state index is 6.37. The molecule has 104 valence electrons. The van der Waals surface area contributed by atoms with Crippen LogP contribution in [0.5, 0.6) is 0 Å². The molecule has 2 aromatic carbocycles. The zero-order valence-electron chi connectivity index (χ0n) is 11.9. The van der Waals surface area contributed by atoms with Gasteiger partial charge in [-0.25, -0.2) is 0 Å². The third-order valence-corrected chi connectivity index (χ3v) is 4.46. The van der Waals surface area contributed by atoms with E-state index in [9.17, 15) is 0 Å². The zero-order chi connectivity index (χ0) is 13.8. The molecular weight excluding hydrogens is 242 g/mol. The summed E-state index contributed by atoms with van der Waals surface area (Å²) >= 11 is 0. The molecule has 1 nitrogen and oxygen atoms in total. The van der Waals surface area contributed by atoms with Gasteiger partial charge in [-0.2, -0.15) is 0 Å². The number of nitrogens with two attached hydrogens (primary N) is 1. The van der Waals surface area contributed by atoms with Gasteiger partial charge in [0.25, 0.3) is 0 Å². The highest BCUT2D eigenvalue weighted by atomic mass is 14.7. The van der Waals surface area contributed by atoms with Gasteiger partial charge in [0, 0.05) is 6.04 Å². The van der Waals surface area contributed by atoms with Crippen LogP contribution < -0.4 is 5.73 Å². The van der Waals surface area contributed by atoms with E-state index in [4.69, 9.17) is 5.73 Å². The molecule has 3 rings (SSSR count). The van der Waals surface area contributed by atoms with E-state index < -0.39 is 0 Å². The first-order chi connectivity index (χ1) is 9.84. The molecule has 0 spiro atoms. The molecule has 0 radical (unpaired) electrons. The third kappa shape index (κ3) is 3.29. The molecule has 1 fully saturated rings. The maximum absolute atomic E-state index is 6.37. The van der Waals surface area contributed by atoms with E-state index in [0.29, 0.717) is 17.9 Å². The van der Waals surface area contributed by atoms with Crippen LogP contribution in [0.3, 0.4) is 0 Å². The molecular formula is C19H23N. The van der Waals surface area contributed by atoms with E-state index in [0.717, 1.165) is 12.8 Å². The van der Waals surface area contributed by atoms with E-state index in [1.54, 1.807) is 0 Å². The van der Waals surface area contributed by atoms with Gasteiger partial charge in [0.1, 0.15) is 0 Å². The molecule has 3 unspecified atom stereocenters. The first kappa shape index (κ1) is 13.4. The van der Waals surface area contributed by atoms with Gasteiger partial charge in [0.15, 0.2) is 0 Å². The van der Waals surface area contributed by atoms with Gasteiger partial charge in [-0.05, 0) is 48.6 Å². The van der Waals surface area contributed by atoms with Crippen LogP contribution in [-0.2, 0) is 6.42 Å². The number of hydrogen-bond donors (Lipinski definition) is 1. The topological polar surface area (TPSA) is 26.0 Å². The number of aryl methyl sites for hydroxylation is 1. The normalized spacial score (nSPS) is 22.4. The van der Waals surface area contributed by atoms with Crippen molar-refractivity contribution in [3.63, 3.8) is 0 Å². The SMILES string of the molecule is NC(CCCc1ccccc1)C1CC1c1ccccc1. The largest absolute Gasteiger partial charge is 0.327 e. The van der Waals surface area contributed by atoms with E-state index >= 15 is 0 Å². The summed E-state index contributed by atoms with van der Waals surface area (Å²) in [6.07, 6.45) is 4.76. The lowest BCUT2D eigenvalue weighted by Gasteiger charge is -2.11. The molecule has 3 atom stereocenters. The lowest BCUT2D eigenvalue weighted by molar-refractivity contribution is 0.519. The van der Waals surface area contributed by atoms with Gasteiger partial charge in [-0.3, -0.25) is 0 Å². The Balaban J connectivity index is 1.44. The first-order valence-corrected chi connectivity index (χ1v) is 7.69. The van der Waals surface area contributed by atoms with Crippen LogP contribution in [0, 0.1) is 5.92 Å². The predicted octanol–water partition coefficient (Wildman–Crippen LogP) is 4.14. The summed E-state index contributed by atoms with van der Waals surface area (Å²) < 4.78 is 0. The van der Waals surface area contributed by atoms with E-state index in [1.165, 1.54) is 24.0 Å². The van der Waals surface area contributed by atoms with Gasteiger partial charge in [-0.15, -0.1) is 0 Å². The van der Waals surface area contributed by atoms with Crippen LogP contribution in [0.1, 0.15) is 36.3 Å². The molecule has 0 amide bonds. The minimum atomic E-state index is 0.365. The maximum Gasteiger partial charge on any atom is 0.00733 e. The summed E-state index contributed by atoms with van der Waals surface area (Å²) in [5.41, 5.74) is 9.27. The van der Waals surface area contributed by atoms with Gasteiger partial charge in [0.05, 0.1) is 0 Å².